The fraction of sp³-hybridized carbons (Fsp3) is 0.136. The maximum absolute atomic E-state index is 12.7. The van der Waals surface area contributed by atoms with Gasteiger partial charge in [0.25, 0.3) is 11.8 Å². The summed E-state index contributed by atoms with van der Waals surface area (Å²) in [7, 11) is 0. The number of amides is 2. The van der Waals surface area contributed by atoms with Crippen LogP contribution in [0.3, 0.4) is 0 Å². The quantitative estimate of drug-likeness (QED) is 0.491. The van der Waals surface area contributed by atoms with Crippen molar-refractivity contribution in [2.24, 2.45) is 0 Å². The van der Waals surface area contributed by atoms with Gasteiger partial charge in [-0.25, -0.2) is 4.98 Å². The highest BCUT2D eigenvalue weighted by Crippen LogP contribution is 2.20. The van der Waals surface area contributed by atoms with Crippen LogP contribution in [0.25, 0.3) is 11.5 Å². The van der Waals surface area contributed by atoms with Gasteiger partial charge in [-0.05, 0) is 56.3 Å². The molecule has 9 nitrogen and oxygen atoms in total. The number of hydrogen-bond donors (Lipinski definition) is 2. The van der Waals surface area contributed by atoms with E-state index in [0.717, 1.165) is 0 Å². The molecule has 0 atom stereocenters. The van der Waals surface area contributed by atoms with E-state index < -0.39 is 5.91 Å². The molecule has 9 heteroatoms. The van der Waals surface area contributed by atoms with E-state index >= 15 is 0 Å². The molecule has 3 aromatic heterocycles. The summed E-state index contributed by atoms with van der Waals surface area (Å²) in [4.78, 5) is 29.4. The fourth-order valence-electron chi connectivity index (χ4n) is 2.96. The summed E-state index contributed by atoms with van der Waals surface area (Å²) >= 11 is 0. The van der Waals surface area contributed by atoms with Gasteiger partial charge in [0.05, 0.1) is 6.26 Å². The molecular weight excluding hydrogens is 396 g/mol. The number of pyridine rings is 1. The van der Waals surface area contributed by atoms with Gasteiger partial charge < -0.3 is 19.6 Å². The van der Waals surface area contributed by atoms with Gasteiger partial charge in [0.2, 0.25) is 0 Å². The normalized spacial score (nSPS) is 10.8. The number of carbonyl (C=O) groups is 2. The molecule has 2 amide bonds. The lowest BCUT2D eigenvalue weighted by Gasteiger charge is -2.11. The topological polar surface area (TPSA) is 115 Å². The van der Waals surface area contributed by atoms with Crippen molar-refractivity contribution in [1.82, 2.24) is 19.7 Å². The lowest BCUT2D eigenvalue weighted by Crippen LogP contribution is -2.15. The smallest absolute Gasteiger partial charge is 0.291 e. The maximum atomic E-state index is 12.7. The molecule has 4 rings (SSSR count). The predicted molar refractivity (Wildman–Crippen MR) is 115 cm³/mol. The van der Waals surface area contributed by atoms with Crippen LogP contribution in [0.5, 0.6) is 0 Å². The predicted octanol–water partition coefficient (Wildman–Crippen LogP) is 4.02. The summed E-state index contributed by atoms with van der Waals surface area (Å²) in [5.74, 6) is 0.431. The summed E-state index contributed by atoms with van der Waals surface area (Å²) in [5, 5.41) is 13.6. The van der Waals surface area contributed by atoms with E-state index in [-0.39, 0.29) is 17.7 Å². The minimum absolute atomic E-state index is 0.171. The van der Waals surface area contributed by atoms with Crippen LogP contribution in [0.2, 0.25) is 0 Å². The Balaban J connectivity index is 1.50. The zero-order chi connectivity index (χ0) is 21.8. The van der Waals surface area contributed by atoms with Gasteiger partial charge in [0.15, 0.2) is 11.6 Å². The van der Waals surface area contributed by atoms with Crippen molar-refractivity contribution in [2.45, 2.75) is 19.9 Å². The number of rotatable bonds is 6. The van der Waals surface area contributed by atoms with Crippen molar-refractivity contribution in [2.75, 3.05) is 10.6 Å². The minimum Gasteiger partial charge on any atom is -0.459 e. The third-order valence-electron chi connectivity index (χ3n) is 4.48. The second kappa shape index (κ2) is 8.62. The molecule has 0 fully saturated rings. The summed E-state index contributed by atoms with van der Waals surface area (Å²) in [5.41, 5.74) is 1.44. The molecule has 1 aromatic carbocycles. The first kappa shape index (κ1) is 20.0. The van der Waals surface area contributed by atoms with Gasteiger partial charge >= 0.3 is 0 Å². The first-order valence-electron chi connectivity index (χ1n) is 9.64. The first-order valence-corrected chi connectivity index (χ1v) is 9.64. The monoisotopic (exact) mass is 416 g/mol. The van der Waals surface area contributed by atoms with Gasteiger partial charge in [0.1, 0.15) is 17.8 Å². The van der Waals surface area contributed by atoms with Gasteiger partial charge in [0, 0.05) is 17.3 Å². The molecule has 3 heterocycles. The lowest BCUT2D eigenvalue weighted by molar-refractivity contribution is 0.0993. The van der Waals surface area contributed by atoms with E-state index in [0.29, 0.717) is 28.6 Å². The number of aromatic nitrogens is 4. The molecule has 4 aromatic rings. The van der Waals surface area contributed by atoms with Crippen molar-refractivity contribution in [3.63, 3.8) is 0 Å². The third kappa shape index (κ3) is 4.50. The molecule has 0 aliphatic carbocycles. The maximum Gasteiger partial charge on any atom is 0.291 e. The Bertz CT molecular complexity index is 1210. The number of benzene rings is 1. The van der Waals surface area contributed by atoms with E-state index in [9.17, 15) is 9.59 Å². The van der Waals surface area contributed by atoms with Crippen LogP contribution >= 0.6 is 0 Å². The molecule has 0 saturated carbocycles. The molecule has 0 bridgehead atoms. The largest absolute Gasteiger partial charge is 0.459 e. The van der Waals surface area contributed by atoms with Crippen molar-refractivity contribution in [3.8, 4) is 11.5 Å². The van der Waals surface area contributed by atoms with Crippen LogP contribution < -0.4 is 10.6 Å². The Hall–Kier alpha value is -4.27. The zero-order valence-electron chi connectivity index (χ0n) is 16.9. The Labute approximate surface area is 178 Å². The number of nitrogens with zero attached hydrogens (tertiary/aromatic N) is 4. The van der Waals surface area contributed by atoms with Crippen LogP contribution in [0.15, 0.2) is 71.6 Å². The van der Waals surface area contributed by atoms with Gasteiger partial charge in [-0.2, -0.15) is 0 Å². The van der Waals surface area contributed by atoms with Crippen LogP contribution in [0, 0.1) is 0 Å². The van der Waals surface area contributed by atoms with Crippen LogP contribution in [-0.2, 0) is 0 Å². The summed E-state index contributed by atoms with van der Waals surface area (Å²) in [6.07, 6.45) is 3.07. The average Bonchev–Trinajstić information content (AvgIpc) is 3.46. The SMILES string of the molecule is CC(C)n1cnnc1-c1cccc(NC(=O)c2cccc(NC(=O)c3ccco3)c2)n1. The number of anilines is 2. The number of nitrogens with one attached hydrogen (secondary N) is 2. The molecule has 0 unspecified atom stereocenters. The second-order valence-electron chi connectivity index (χ2n) is 7.03. The van der Waals surface area contributed by atoms with E-state index in [4.69, 9.17) is 4.42 Å². The van der Waals surface area contributed by atoms with E-state index in [1.54, 1.807) is 54.9 Å². The first-order chi connectivity index (χ1) is 15.0. The molecule has 31 heavy (non-hydrogen) atoms. The van der Waals surface area contributed by atoms with E-state index in [1.807, 2.05) is 24.5 Å². The molecule has 0 aliphatic rings. The van der Waals surface area contributed by atoms with E-state index in [1.165, 1.54) is 6.26 Å². The Morgan fingerprint density at radius 2 is 1.84 bits per heavy atom. The van der Waals surface area contributed by atoms with Crippen molar-refractivity contribution >= 4 is 23.3 Å². The summed E-state index contributed by atoms with van der Waals surface area (Å²) in [6, 6.07) is 15.3. The zero-order valence-corrected chi connectivity index (χ0v) is 16.9. The Morgan fingerprint density at radius 3 is 2.61 bits per heavy atom. The van der Waals surface area contributed by atoms with Gasteiger partial charge in [-0.1, -0.05) is 12.1 Å². The number of hydrogen-bond acceptors (Lipinski definition) is 6. The highest BCUT2D eigenvalue weighted by atomic mass is 16.3. The number of carbonyl (C=O) groups excluding carboxylic acids is 2. The number of furan rings is 1. The fourth-order valence-corrected chi connectivity index (χ4v) is 2.96. The minimum atomic E-state index is -0.397. The lowest BCUT2D eigenvalue weighted by atomic mass is 10.2. The van der Waals surface area contributed by atoms with Crippen LogP contribution in [0.1, 0.15) is 40.8 Å². The average molecular weight is 416 g/mol. The summed E-state index contributed by atoms with van der Waals surface area (Å²) in [6.45, 7) is 4.05. The molecule has 156 valence electrons. The van der Waals surface area contributed by atoms with E-state index in [2.05, 4.69) is 25.8 Å². The van der Waals surface area contributed by atoms with Gasteiger partial charge in [-0.15, -0.1) is 10.2 Å². The summed E-state index contributed by atoms with van der Waals surface area (Å²) < 4.78 is 6.98. The molecule has 0 saturated heterocycles. The molecule has 0 aliphatic heterocycles. The van der Waals surface area contributed by atoms with Crippen molar-refractivity contribution in [1.29, 1.82) is 0 Å². The second-order valence-corrected chi connectivity index (χ2v) is 7.03. The van der Waals surface area contributed by atoms with Gasteiger partial charge in [-0.3, -0.25) is 9.59 Å². The molecule has 2 N–H and O–H groups in total. The van der Waals surface area contributed by atoms with Crippen molar-refractivity contribution in [3.05, 3.63) is 78.5 Å². The highest BCUT2D eigenvalue weighted by Gasteiger charge is 2.14. The Morgan fingerprint density at radius 1 is 1.00 bits per heavy atom. The third-order valence-corrected chi connectivity index (χ3v) is 4.48. The molecule has 0 spiro atoms. The van der Waals surface area contributed by atoms with Crippen molar-refractivity contribution < 1.29 is 14.0 Å². The molecular formula is C22H20N6O3. The van der Waals surface area contributed by atoms with Crippen LogP contribution in [0.4, 0.5) is 11.5 Å². The highest BCUT2D eigenvalue weighted by molar-refractivity contribution is 6.06. The Kier molecular flexibility index (Phi) is 5.57. The standard InChI is InChI=1S/C22H20N6O3/c1-14(2)28-13-23-27-20(28)17-8-4-10-19(25-17)26-21(29)15-6-3-7-16(12-15)24-22(30)18-9-5-11-31-18/h3-14H,1-2H3,(H,24,30)(H,25,26,29). The molecule has 0 radical (unpaired) electrons. The van der Waals surface area contributed by atoms with Crippen LogP contribution in [-0.4, -0.2) is 31.6 Å².